The molecule has 1 heterocycles. The third kappa shape index (κ3) is 19.9. The van der Waals surface area contributed by atoms with Gasteiger partial charge in [0.15, 0.2) is 0 Å². The van der Waals surface area contributed by atoms with Crippen LogP contribution in [0.2, 0.25) is 0 Å². The highest BCUT2D eigenvalue weighted by Gasteiger charge is 2.25. The van der Waals surface area contributed by atoms with Crippen molar-refractivity contribution in [3.63, 3.8) is 0 Å². The molecule has 0 atom stereocenters. The summed E-state index contributed by atoms with van der Waals surface area (Å²) in [6, 6.07) is 0. The van der Waals surface area contributed by atoms with Crippen molar-refractivity contribution in [1.82, 2.24) is 29.4 Å². The Morgan fingerprint density at radius 1 is 0.259 bits per heavy atom. The minimum atomic E-state index is 0.00809. The van der Waals surface area contributed by atoms with Gasteiger partial charge in [0.05, 0.1) is 0 Å². The molecular formula is C42H78N6O6. The Morgan fingerprint density at radius 2 is 0.370 bits per heavy atom. The second-order valence-corrected chi connectivity index (χ2v) is 14.9. The number of nitrogens with zero attached hydrogens (tertiary/aromatic N) is 6. The van der Waals surface area contributed by atoms with Gasteiger partial charge < -0.3 is 29.4 Å². The van der Waals surface area contributed by atoms with E-state index in [4.69, 9.17) is 0 Å². The summed E-state index contributed by atoms with van der Waals surface area (Å²) in [7, 11) is 0. The van der Waals surface area contributed by atoms with Crippen LogP contribution in [0.15, 0.2) is 0 Å². The lowest BCUT2D eigenvalue weighted by Crippen LogP contribution is -2.50. The minimum Gasteiger partial charge on any atom is -0.339 e. The van der Waals surface area contributed by atoms with Crippen LogP contribution in [0.5, 0.6) is 0 Å². The van der Waals surface area contributed by atoms with Crippen LogP contribution in [0.4, 0.5) is 0 Å². The molecule has 12 nitrogen and oxygen atoms in total. The number of hydrogen-bond donors (Lipinski definition) is 0. The van der Waals surface area contributed by atoms with Crippen LogP contribution in [0.25, 0.3) is 0 Å². The molecule has 0 spiro atoms. The number of unbranched alkanes of at least 4 members (excludes halogenated alkanes) is 6. The fraction of sp³-hybridized carbons (Fsp3) is 0.857. The number of hydrogen-bond acceptors (Lipinski definition) is 6. The van der Waals surface area contributed by atoms with Gasteiger partial charge in [-0.3, -0.25) is 28.8 Å². The Hall–Kier alpha value is -3.18. The molecule has 6 amide bonds. The van der Waals surface area contributed by atoms with Gasteiger partial charge in [-0.2, -0.15) is 0 Å². The normalized spacial score (nSPS) is 15.9. The van der Waals surface area contributed by atoms with Crippen LogP contribution in [0.1, 0.15) is 157 Å². The quantitative estimate of drug-likeness (QED) is 0.166. The van der Waals surface area contributed by atoms with Crippen molar-refractivity contribution in [2.24, 2.45) is 0 Å². The first-order chi connectivity index (χ1) is 26.1. The average molecular weight is 763 g/mol. The van der Waals surface area contributed by atoms with E-state index in [0.717, 1.165) is 77.0 Å². The summed E-state index contributed by atoms with van der Waals surface area (Å²) < 4.78 is 0. The predicted molar refractivity (Wildman–Crippen MR) is 217 cm³/mol. The van der Waals surface area contributed by atoms with Crippen molar-refractivity contribution in [1.29, 1.82) is 0 Å². The summed E-state index contributed by atoms with van der Waals surface area (Å²) in [6.07, 6.45) is 12.3. The van der Waals surface area contributed by atoms with E-state index in [1.165, 1.54) is 0 Å². The molecule has 0 aromatic carbocycles. The van der Waals surface area contributed by atoms with E-state index in [2.05, 4.69) is 41.5 Å². The van der Waals surface area contributed by atoms with Crippen LogP contribution in [0.3, 0.4) is 0 Å². The summed E-state index contributed by atoms with van der Waals surface area (Å²) in [4.78, 5) is 92.4. The second kappa shape index (κ2) is 30.1. The van der Waals surface area contributed by atoms with Gasteiger partial charge in [0.1, 0.15) is 0 Å². The highest BCUT2D eigenvalue weighted by atomic mass is 16.2. The maximum Gasteiger partial charge on any atom is 0.222 e. The summed E-state index contributed by atoms with van der Waals surface area (Å²) >= 11 is 0. The zero-order chi connectivity index (χ0) is 40.1. The first-order valence-corrected chi connectivity index (χ1v) is 21.7. The van der Waals surface area contributed by atoms with Crippen molar-refractivity contribution >= 4 is 35.4 Å². The molecule has 0 bridgehead atoms. The summed E-state index contributed by atoms with van der Waals surface area (Å²) in [5, 5.41) is 0. The topological polar surface area (TPSA) is 122 Å². The van der Waals surface area contributed by atoms with Crippen molar-refractivity contribution < 1.29 is 28.8 Å². The van der Waals surface area contributed by atoms with Crippen molar-refractivity contribution in [3.8, 4) is 0 Å². The minimum absolute atomic E-state index is 0.00809. The Morgan fingerprint density at radius 3 is 0.463 bits per heavy atom. The number of carbonyl (C=O) groups is 6. The standard InChI is InChI=1S/C42H78N6O6/c1-7-13-19-37(49)43-25-27-44(38(50)20-14-8-2)29-31-46(40(52)22-16-10-4)33-35-48(42(54)24-18-12-6)36-34-47(41(53)23-17-11-5)32-30-45(28-26-43)39(51)21-15-9-3/h7-36H2,1-6H3. The van der Waals surface area contributed by atoms with E-state index in [0.29, 0.717) is 117 Å². The first kappa shape index (κ1) is 48.8. The van der Waals surface area contributed by atoms with Gasteiger partial charge in [-0.05, 0) is 38.5 Å². The lowest BCUT2D eigenvalue weighted by atomic mass is 10.2. The highest BCUT2D eigenvalue weighted by Crippen LogP contribution is 2.11. The largest absolute Gasteiger partial charge is 0.339 e. The Bertz CT molecular complexity index is 862. The van der Waals surface area contributed by atoms with Crippen LogP contribution < -0.4 is 0 Å². The molecule has 1 aliphatic rings. The summed E-state index contributed by atoms with van der Waals surface area (Å²) in [6.45, 7) is 16.3. The zero-order valence-corrected chi connectivity index (χ0v) is 35.3. The van der Waals surface area contributed by atoms with Gasteiger partial charge >= 0.3 is 0 Å². The molecule has 1 saturated heterocycles. The molecule has 0 aromatic rings. The molecule has 0 N–H and O–H groups in total. The molecule has 12 heteroatoms. The summed E-state index contributed by atoms with van der Waals surface area (Å²) in [5.74, 6) is 0.0486. The van der Waals surface area contributed by atoms with Crippen LogP contribution in [0, 0.1) is 0 Å². The van der Waals surface area contributed by atoms with E-state index >= 15 is 0 Å². The van der Waals surface area contributed by atoms with Crippen LogP contribution in [-0.4, -0.2) is 143 Å². The molecule has 312 valence electrons. The van der Waals surface area contributed by atoms with E-state index < -0.39 is 0 Å². The SMILES string of the molecule is CCCCC(=O)N1CCN(C(=O)CCCC)CCN(C(=O)CCCC)CCN(C(=O)CCCC)CCN(C(=O)CCCC)CCN(C(=O)CCCC)CC1. The van der Waals surface area contributed by atoms with E-state index in [9.17, 15) is 28.8 Å². The van der Waals surface area contributed by atoms with E-state index in [-0.39, 0.29) is 35.4 Å². The third-order valence-electron chi connectivity index (χ3n) is 10.4. The highest BCUT2D eigenvalue weighted by molar-refractivity contribution is 5.80. The number of rotatable bonds is 18. The zero-order valence-electron chi connectivity index (χ0n) is 35.3. The maximum atomic E-state index is 13.6. The van der Waals surface area contributed by atoms with Crippen molar-refractivity contribution in [3.05, 3.63) is 0 Å². The molecular weight excluding hydrogens is 684 g/mol. The van der Waals surface area contributed by atoms with Gasteiger partial charge in [0.2, 0.25) is 35.4 Å². The van der Waals surface area contributed by atoms with Gasteiger partial charge in [0, 0.05) is 117 Å². The van der Waals surface area contributed by atoms with Crippen LogP contribution >= 0.6 is 0 Å². The second-order valence-electron chi connectivity index (χ2n) is 14.9. The molecule has 0 saturated carbocycles. The number of carbonyl (C=O) groups excluding carboxylic acids is 6. The molecule has 0 aliphatic carbocycles. The van der Waals surface area contributed by atoms with E-state index in [1.54, 1.807) is 29.4 Å². The Labute approximate surface area is 328 Å². The van der Waals surface area contributed by atoms with Gasteiger partial charge in [-0.1, -0.05) is 80.1 Å². The molecule has 1 aliphatic heterocycles. The fourth-order valence-corrected chi connectivity index (χ4v) is 6.53. The third-order valence-corrected chi connectivity index (χ3v) is 10.4. The number of amides is 6. The lowest BCUT2D eigenvalue weighted by molar-refractivity contribution is -0.139. The molecule has 0 radical (unpaired) electrons. The lowest BCUT2D eigenvalue weighted by Gasteiger charge is -2.35. The monoisotopic (exact) mass is 763 g/mol. The molecule has 0 unspecified atom stereocenters. The van der Waals surface area contributed by atoms with E-state index in [1.807, 2.05) is 0 Å². The Balaban J connectivity index is 3.65. The average Bonchev–Trinajstić information content (AvgIpc) is 3.17. The van der Waals surface area contributed by atoms with Crippen LogP contribution in [-0.2, 0) is 28.8 Å². The first-order valence-electron chi connectivity index (χ1n) is 21.7. The van der Waals surface area contributed by atoms with Gasteiger partial charge in [0.25, 0.3) is 0 Å². The Kier molecular flexibility index (Phi) is 27.2. The molecule has 0 aromatic heterocycles. The smallest absolute Gasteiger partial charge is 0.222 e. The van der Waals surface area contributed by atoms with Gasteiger partial charge in [-0.15, -0.1) is 0 Å². The molecule has 1 fully saturated rings. The van der Waals surface area contributed by atoms with Gasteiger partial charge in [-0.25, -0.2) is 0 Å². The van der Waals surface area contributed by atoms with Crippen molar-refractivity contribution in [2.45, 2.75) is 157 Å². The molecule has 54 heavy (non-hydrogen) atoms. The fourth-order valence-electron chi connectivity index (χ4n) is 6.53. The van der Waals surface area contributed by atoms with Crippen molar-refractivity contribution in [2.75, 3.05) is 78.5 Å². The maximum absolute atomic E-state index is 13.6. The predicted octanol–water partition coefficient (Wildman–Crippen LogP) is 6.11. The molecule has 1 rings (SSSR count). The summed E-state index contributed by atoms with van der Waals surface area (Å²) in [5.41, 5.74) is 0.